The molecule has 0 aromatic heterocycles. The van der Waals surface area contributed by atoms with E-state index in [2.05, 4.69) is 10.1 Å². The van der Waals surface area contributed by atoms with Crippen molar-refractivity contribution in [2.24, 2.45) is 0 Å². The highest BCUT2D eigenvalue weighted by Gasteiger charge is 2.27. The zero-order chi connectivity index (χ0) is 12.4. The van der Waals surface area contributed by atoms with Crippen LogP contribution in [-0.2, 0) is 9.47 Å². The molecular formula is C10H20F3NO2. The molecule has 0 bridgehead atoms. The minimum Gasteiger partial charge on any atom is -0.385 e. The van der Waals surface area contributed by atoms with Crippen LogP contribution in [-0.4, -0.2) is 45.7 Å². The molecule has 1 unspecified atom stereocenters. The fourth-order valence-electron chi connectivity index (χ4n) is 1.11. The van der Waals surface area contributed by atoms with Crippen molar-refractivity contribution in [3.8, 4) is 0 Å². The van der Waals surface area contributed by atoms with E-state index in [9.17, 15) is 13.2 Å². The van der Waals surface area contributed by atoms with Crippen LogP contribution in [0.15, 0.2) is 0 Å². The van der Waals surface area contributed by atoms with Crippen LogP contribution in [0.25, 0.3) is 0 Å². The van der Waals surface area contributed by atoms with E-state index in [1.165, 1.54) is 0 Å². The Morgan fingerprint density at radius 1 is 1.25 bits per heavy atom. The molecule has 1 N–H and O–H groups in total. The minimum absolute atomic E-state index is 0.128. The summed E-state index contributed by atoms with van der Waals surface area (Å²) in [7, 11) is 1.64. The van der Waals surface area contributed by atoms with Crippen molar-refractivity contribution < 1.29 is 22.6 Å². The molecular weight excluding hydrogens is 223 g/mol. The number of rotatable bonds is 9. The second kappa shape index (κ2) is 8.78. The van der Waals surface area contributed by atoms with Gasteiger partial charge in [0.1, 0.15) is 6.61 Å². The number of halogens is 3. The molecule has 0 fully saturated rings. The summed E-state index contributed by atoms with van der Waals surface area (Å²) in [6.45, 7) is 2.31. The number of hydrogen-bond acceptors (Lipinski definition) is 3. The third kappa shape index (κ3) is 11.7. The van der Waals surface area contributed by atoms with Gasteiger partial charge in [0.25, 0.3) is 0 Å². The van der Waals surface area contributed by atoms with Gasteiger partial charge in [-0.25, -0.2) is 0 Å². The van der Waals surface area contributed by atoms with Crippen LogP contribution in [0.4, 0.5) is 13.2 Å². The maximum Gasteiger partial charge on any atom is 0.411 e. The molecule has 0 rings (SSSR count). The van der Waals surface area contributed by atoms with E-state index in [0.717, 1.165) is 6.42 Å². The van der Waals surface area contributed by atoms with E-state index >= 15 is 0 Å². The average Bonchev–Trinajstić information content (AvgIpc) is 2.18. The summed E-state index contributed by atoms with van der Waals surface area (Å²) in [5.74, 6) is 0. The van der Waals surface area contributed by atoms with Gasteiger partial charge in [0.2, 0.25) is 0 Å². The standard InChI is InChI=1S/C10H20F3NO2/c1-9(4-7-15-2)14-5-3-6-16-8-10(11,12)13/h9,14H,3-8H2,1-2H3. The Balaban J connectivity index is 3.20. The minimum atomic E-state index is -4.22. The van der Waals surface area contributed by atoms with Gasteiger partial charge in [-0.15, -0.1) is 0 Å². The summed E-state index contributed by atoms with van der Waals surface area (Å²) in [5.41, 5.74) is 0. The van der Waals surface area contributed by atoms with Gasteiger partial charge in [-0.3, -0.25) is 0 Å². The fraction of sp³-hybridized carbons (Fsp3) is 1.00. The first-order chi connectivity index (χ1) is 7.45. The molecule has 0 aliphatic rings. The first-order valence-electron chi connectivity index (χ1n) is 5.32. The largest absolute Gasteiger partial charge is 0.411 e. The predicted octanol–water partition coefficient (Wildman–Crippen LogP) is 1.97. The Labute approximate surface area is 94.3 Å². The van der Waals surface area contributed by atoms with Crippen molar-refractivity contribution in [2.75, 3.05) is 33.5 Å². The smallest absolute Gasteiger partial charge is 0.385 e. The van der Waals surface area contributed by atoms with E-state index in [1.54, 1.807) is 7.11 Å². The molecule has 0 aromatic rings. The molecule has 0 heterocycles. The van der Waals surface area contributed by atoms with Crippen molar-refractivity contribution in [1.29, 1.82) is 0 Å². The second-order valence-corrected chi connectivity index (χ2v) is 3.66. The van der Waals surface area contributed by atoms with Gasteiger partial charge in [-0.05, 0) is 26.3 Å². The van der Waals surface area contributed by atoms with Gasteiger partial charge in [0.15, 0.2) is 0 Å². The number of nitrogens with one attached hydrogen (secondary N) is 1. The van der Waals surface area contributed by atoms with Crippen molar-refractivity contribution in [3.05, 3.63) is 0 Å². The summed E-state index contributed by atoms with van der Waals surface area (Å²) in [4.78, 5) is 0. The second-order valence-electron chi connectivity index (χ2n) is 3.66. The molecule has 6 heteroatoms. The van der Waals surface area contributed by atoms with Crippen LogP contribution in [0, 0.1) is 0 Å². The Bertz CT molecular complexity index is 165. The summed E-state index contributed by atoms with van der Waals surface area (Å²) >= 11 is 0. The molecule has 98 valence electrons. The molecule has 0 aromatic carbocycles. The molecule has 0 aliphatic heterocycles. The van der Waals surface area contributed by atoms with Crippen LogP contribution in [0.5, 0.6) is 0 Å². The van der Waals surface area contributed by atoms with E-state index in [0.29, 0.717) is 25.6 Å². The molecule has 16 heavy (non-hydrogen) atoms. The monoisotopic (exact) mass is 243 g/mol. The van der Waals surface area contributed by atoms with E-state index in [-0.39, 0.29) is 6.61 Å². The molecule has 0 saturated heterocycles. The van der Waals surface area contributed by atoms with Crippen molar-refractivity contribution in [3.63, 3.8) is 0 Å². The van der Waals surface area contributed by atoms with Crippen LogP contribution in [0.1, 0.15) is 19.8 Å². The van der Waals surface area contributed by atoms with Crippen molar-refractivity contribution >= 4 is 0 Å². The molecule has 1 atom stereocenters. The Morgan fingerprint density at radius 3 is 2.50 bits per heavy atom. The summed E-state index contributed by atoms with van der Waals surface area (Å²) in [6, 6.07) is 0.308. The van der Waals surface area contributed by atoms with Gasteiger partial charge in [0.05, 0.1) is 0 Å². The zero-order valence-electron chi connectivity index (χ0n) is 9.77. The third-order valence-electron chi connectivity index (χ3n) is 1.98. The Kier molecular flexibility index (Phi) is 8.60. The van der Waals surface area contributed by atoms with E-state index in [1.807, 2.05) is 6.92 Å². The van der Waals surface area contributed by atoms with Gasteiger partial charge in [-0.1, -0.05) is 0 Å². The van der Waals surface area contributed by atoms with Crippen molar-refractivity contribution in [1.82, 2.24) is 5.32 Å². The van der Waals surface area contributed by atoms with Crippen molar-refractivity contribution in [2.45, 2.75) is 32.0 Å². The molecule has 3 nitrogen and oxygen atoms in total. The maximum absolute atomic E-state index is 11.7. The van der Waals surface area contributed by atoms with Gasteiger partial charge in [-0.2, -0.15) is 13.2 Å². The van der Waals surface area contributed by atoms with Gasteiger partial charge >= 0.3 is 6.18 Å². The van der Waals surface area contributed by atoms with Gasteiger partial charge < -0.3 is 14.8 Å². The molecule has 0 radical (unpaired) electrons. The quantitative estimate of drug-likeness (QED) is 0.628. The van der Waals surface area contributed by atoms with Gasteiger partial charge in [0, 0.05) is 26.4 Å². The summed E-state index contributed by atoms with van der Waals surface area (Å²) in [6.07, 6.45) is -2.76. The number of methoxy groups -OCH3 is 1. The van der Waals surface area contributed by atoms with Crippen LogP contribution >= 0.6 is 0 Å². The summed E-state index contributed by atoms with van der Waals surface area (Å²) < 4.78 is 44.4. The van der Waals surface area contributed by atoms with E-state index < -0.39 is 12.8 Å². The Morgan fingerprint density at radius 2 is 1.94 bits per heavy atom. The molecule has 0 aliphatic carbocycles. The fourth-order valence-corrected chi connectivity index (χ4v) is 1.11. The van der Waals surface area contributed by atoms with E-state index in [4.69, 9.17) is 4.74 Å². The maximum atomic E-state index is 11.7. The lowest BCUT2D eigenvalue weighted by molar-refractivity contribution is -0.173. The number of alkyl halides is 3. The average molecular weight is 243 g/mol. The normalized spacial score (nSPS) is 14.1. The number of ether oxygens (including phenoxy) is 2. The highest BCUT2D eigenvalue weighted by atomic mass is 19.4. The lowest BCUT2D eigenvalue weighted by atomic mass is 10.2. The SMILES string of the molecule is COCCC(C)NCCCOCC(F)(F)F. The lowest BCUT2D eigenvalue weighted by Gasteiger charge is -2.13. The van der Waals surface area contributed by atoms with Crippen LogP contribution in [0.2, 0.25) is 0 Å². The first-order valence-corrected chi connectivity index (χ1v) is 5.32. The first kappa shape index (κ1) is 15.7. The lowest BCUT2D eigenvalue weighted by Crippen LogP contribution is -2.29. The highest BCUT2D eigenvalue weighted by Crippen LogP contribution is 2.14. The highest BCUT2D eigenvalue weighted by molar-refractivity contribution is 4.59. The van der Waals surface area contributed by atoms with Crippen LogP contribution in [0.3, 0.4) is 0 Å². The molecule has 0 saturated carbocycles. The van der Waals surface area contributed by atoms with Crippen LogP contribution < -0.4 is 5.32 Å². The third-order valence-corrected chi connectivity index (χ3v) is 1.98. The molecule has 0 amide bonds. The Hall–Kier alpha value is -0.330. The molecule has 0 spiro atoms. The zero-order valence-corrected chi connectivity index (χ0v) is 9.77. The summed E-state index contributed by atoms with van der Waals surface area (Å²) in [5, 5.41) is 3.17. The predicted molar refractivity (Wildman–Crippen MR) is 55.4 cm³/mol. The number of hydrogen-bond donors (Lipinski definition) is 1. The topological polar surface area (TPSA) is 30.5 Å².